The van der Waals surface area contributed by atoms with Crippen LogP contribution in [0.5, 0.6) is 5.88 Å². The number of hydrogen-bond acceptors (Lipinski definition) is 4. The average Bonchev–Trinajstić information content (AvgIpc) is 2.36. The Balaban J connectivity index is 2.54. The van der Waals surface area contributed by atoms with Crippen LogP contribution in [0.4, 0.5) is 10.5 Å². The molecule has 0 fully saturated rings. The smallest absolute Gasteiger partial charge is 0.319 e. The predicted molar refractivity (Wildman–Crippen MR) is 62.6 cm³/mol. The molecule has 0 bridgehead atoms. The maximum Gasteiger partial charge on any atom is 0.319 e. The van der Waals surface area contributed by atoms with Crippen LogP contribution in [-0.2, 0) is 0 Å². The number of anilines is 1. The van der Waals surface area contributed by atoms with Crippen LogP contribution in [-0.4, -0.2) is 24.7 Å². The van der Waals surface area contributed by atoms with Crippen molar-refractivity contribution in [2.75, 3.05) is 19.0 Å². The molecular weight excluding hydrogens is 220 g/mol. The minimum absolute atomic E-state index is 0.225. The van der Waals surface area contributed by atoms with E-state index in [1.54, 1.807) is 25.3 Å². The van der Waals surface area contributed by atoms with Crippen molar-refractivity contribution in [3.63, 3.8) is 0 Å². The highest BCUT2D eigenvalue weighted by atomic mass is 16.5. The van der Waals surface area contributed by atoms with E-state index in [9.17, 15) is 4.79 Å². The molecule has 0 spiro atoms. The number of urea groups is 1. The fraction of sp³-hybridized carbons (Fsp3) is 0.364. The lowest BCUT2D eigenvalue weighted by Crippen LogP contribution is -2.32. The predicted octanol–water partition coefficient (Wildman–Crippen LogP) is 1.37. The number of nitrogens with zero attached hydrogens (tertiary/aromatic N) is 2. The number of ether oxygens (including phenoxy) is 1. The summed E-state index contributed by atoms with van der Waals surface area (Å²) in [6.07, 6.45) is 1.57. The Kier molecular flexibility index (Phi) is 4.76. The van der Waals surface area contributed by atoms with Crippen LogP contribution in [0.2, 0.25) is 0 Å². The second-order valence-electron chi connectivity index (χ2n) is 3.43. The Hall–Kier alpha value is -2.29. The van der Waals surface area contributed by atoms with Gasteiger partial charge in [-0.05, 0) is 19.1 Å². The number of nitrogens with one attached hydrogen (secondary N) is 2. The summed E-state index contributed by atoms with van der Waals surface area (Å²) in [7, 11) is 1.48. The van der Waals surface area contributed by atoms with Crippen LogP contribution in [0.1, 0.15) is 6.92 Å². The van der Waals surface area contributed by atoms with E-state index >= 15 is 0 Å². The van der Waals surface area contributed by atoms with Crippen LogP contribution in [0.15, 0.2) is 18.3 Å². The Labute approximate surface area is 99.6 Å². The summed E-state index contributed by atoms with van der Waals surface area (Å²) in [4.78, 5) is 15.4. The van der Waals surface area contributed by atoms with E-state index in [2.05, 4.69) is 15.6 Å². The number of nitriles is 1. The molecule has 0 aliphatic carbocycles. The molecule has 2 N–H and O–H groups in total. The number of carbonyl (C=O) groups is 1. The number of methoxy groups -OCH3 is 1. The lowest BCUT2D eigenvalue weighted by Gasteiger charge is -2.10. The van der Waals surface area contributed by atoms with Gasteiger partial charge < -0.3 is 15.4 Å². The van der Waals surface area contributed by atoms with Crippen molar-refractivity contribution < 1.29 is 9.53 Å². The zero-order valence-electron chi connectivity index (χ0n) is 9.73. The molecule has 90 valence electrons. The number of aromatic nitrogens is 1. The van der Waals surface area contributed by atoms with Crippen LogP contribution in [0.25, 0.3) is 0 Å². The van der Waals surface area contributed by atoms with E-state index in [0.717, 1.165) is 0 Å². The van der Waals surface area contributed by atoms with Crippen molar-refractivity contribution in [2.45, 2.75) is 6.92 Å². The highest BCUT2D eigenvalue weighted by molar-refractivity contribution is 5.90. The lowest BCUT2D eigenvalue weighted by atomic mass is 10.2. The Bertz CT molecular complexity index is 428. The summed E-state index contributed by atoms with van der Waals surface area (Å²) >= 11 is 0. The van der Waals surface area contributed by atoms with Crippen LogP contribution < -0.4 is 15.4 Å². The number of pyridine rings is 1. The third kappa shape index (κ3) is 3.99. The van der Waals surface area contributed by atoms with Crippen molar-refractivity contribution >= 4 is 11.7 Å². The minimum Gasteiger partial charge on any atom is -0.480 e. The molecule has 1 aromatic heterocycles. The van der Waals surface area contributed by atoms with E-state index in [4.69, 9.17) is 10.00 Å². The molecule has 1 aromatic rings. The van der Waals surface area contributed by atoms with E-state index < -0.39 is 6.03 Å². The molecule has 0 aliphatic rings. The van der Waals surface area contributed by atoms with Crippen molar-refractivity contribution in [1.29, 1.82) is 5.26 Å². The fourth-order valence-electron chi connectivity index (χ4n) is 1.11. The van der Waals surface area contributed by atoms with Gasteiger partial charge in [-0.1, -0.05) is 0 Å². The highest BCUT2D eigenvalue weighted by Gasteiger charge is 2.08. The van der Waals surface area contributed by atoms with Crippen molar-refractivity contribution in [3.05, 3.63) is 18.3 Å². The quantitative estimate of drug-likeness (QED) is 0.823. The first-order valence-corrected chi connectivity index (χ1v) is 5.11. The third-order valence-electron chi connectivity index (χ3n) is 2.00. The summed E-state index contributed by atoms with van der Waals surface area (Å²) < 4.78 is 4.99. The lowest BCUT2D eigenvalue weighted by molar-refractivity contribution is 0.251. The van der Waals surface area contributed by atoms with E-state index in [0.29, 0.717) is 18.1 Å². The zero-order valence-corrected chi connectivity index (χ0v) is 9.73. The molecule has 1 heterocycles. The molecule has 1 rings (SSSR count). The number of hydrogen-bond donors (Lipinski definition) is 2. The Morgan fingerprint density at radius 2 is 2.47 bits per heavy atom. The molecule has 0 saturated heterocycles. The number of rotatable bonds is 4. The standard InChI is InChI=1S/C11H14N4O2/c1-8(6-12)7-14-11(16)15-9-4-3-5-13-10(9)17-2/h3-5,8H,7H2,1-2H3,(H2,14,15,16). The molecule has 0 radical (unpaired) electrons. The molecule has 2 amide bonds. The van der Waals surface area contributed by atoms with Gasteiger partial charge in [-0.15, -0.1) is 0 Å². The van der Waals surface area contributed by atoms with Gasteiger partial charge in [-0.2, -0.15) is 5.26 Å². The van der Waals surface area contributed by atoms with Crippen molar-refractivity contribution in [2.24, 2.45) is 5.92 Å². The summed E-state index contributed by atoms with van der Waals surface area (Å²) in [5.74, 6) is 0.118. The molecule has 1 atom stereocenters. The molecule has 0 saturated carbocycles. The molecule has 6 heteroatoms. The van der Waals surface area contributed by atoms with Crippen LogP contribution >= 0.6 is 0 Å². The van der Waals surface area contributed by atoms with Gasteiger partial charge in [-0.25, -0.2) is 9.78 Å². The largest absolute Gasteiger partial charge is 0.480 e. The normalized spacial score (nSPS) is 11.1. The first kappa shape index (κ1) is 12.8. The summed E-state index contributed by atoms with van der Waals surface area (Å²) in [6.45, 7) is 2.02. The molecule has 1 unspecified atom stereocenters. The maximum atomic E-state index is 11.5. The fourth-order valence-corrected chi connectivity index (χ4v) is 1.11. The van der Waals surface area contributed by atoms with Crippen LogP contribution in [0, 0.1) is 17.2 Å². The molecule has 17 heavy (non-hydrogen) atoms. The van der Waals surface area contributed by atoms with E-state index in [1.807, 2.05) is 6.07 Å². The Morgan fingerprint density at radius 3 is 3.12 bits per heavy atom. The van der Waals surface area contributed by atoms with E-state index in [-0.39, 0.29) is 5.92 Å². The molecule has 0 aromatic carbocycles. The van der Waals surface area contributed by atoms with E-state index in [1.165, 1.54) is 7.11 Å². The summed E-state index contributed by atoms with van der Waals surface area (Å²) in [6, 6.07) is 5.01. The Morgan fingerprint density at radius 1 is 1.71 bits per heavy atom. The van der Waals surface area contributed by atoms with Crippen molar-refractivity contribution in [3.8, 4) is 11.9 Å². The molecule has 0 aliphatic heterocycles. The topological polar surface area (TPSA) is 87.0 Å². The number of carbonyl (C=O) groups excluding carboxylic acids is 1. The molecular formula is C11H14N4O2. The monoisotopic (exact) mass is 234 g/mol. The summed E-state index contributed by atoms with van der Waals surface area (Å²) in [5, 5.41) is 13.7. The maximum absolute atomic E-state index is 11.5. The van der Waals surface area contributed by atoms with Gasteiger partial charge >= 0.3 is 6.03 Å². The van der Waals surface area contributed by atoms with Gasteiger partial charge in [0.15, 0.2) is 0 Å². The van der Waals surface area contributed by atoms with Gasteiger partial charge in [0.2, 0.25) is 5.88 Å². The van der Waals surface area contributed by atoms with Gasteiger partial charge in [0.25, 0.3) is 0 Å². The number of amides is 2. The zero-order chi connectivity index (χ0) is 12.7. The summed E-state index contributed by atoms with van der Waals surface area (Å²) in [5.41, 5.74) is 0.483. The van der Waals surface area contributed by atoms with Crippen molar-refractivity contribution in [1.82, 2.24) is 10.3 Å². The third-order valence-corrected chi connectivity index (χ3v) is 2.00. The first-order chi connectivity index (χ1) is 8.17. The van der Waals surface area contributed by atoms with Gasteiger partial charge in [0.1, 0.15) is 5.69 Å². The SMILES string of the molecule is COc1ncccc1NC(=O)NCC(C)C#N. The highest BCUT2D eigenvalue weighted by Crippen LogP contribution is 2.19. The average molecular weight is 234 g/mol. The minimum atomic E-state index is -0.390. The molecule has 6 nitrogen and oxygen atoms in total. The second kappa shape index (κ2) is 6.33. The second-order valence-corrected chi connectivity index (χ2v) is 3.43. The van der Waals surface area contributed by atoms with Gasteiger partial charge in [0, 0.05) is 12.7 Å². The van der Waals surface area contributed by atoms with Crippen LogP contribution in [0.3, 0.4) is 0 Å². The van der Waals surface area contributed by atoms with Gasteiger partial charge in [-0.3, -0.25) is 0 Å². The first-order valence-electron chi connectivity index (χ1n) is 5.11. The van der Waals surface area contributed by atoms with Gasteiger partial charge in [0.05, 0.1) is 19.1 Å².